The average Bonchev–Trinajstić information content (AvgIpc) is 1.68. The molecule has 0 aromatic heterocycles. The molecule has 0 aliphatic rings. The summed E-state index contributed by atoms with van der Waals surface area (Å²) in [6, 6.07) is 0. The van der Waals surface area contributed by atoms with Gasteiger partial charge in [-0.05, 0) is 0 Å². The largest absolute Gasteiger partial charge is 0.215 e. The predicted octanol–water partition coefficient (Wildman–Crippen LogP) is 2.25. The van der Waals surface area contributed by atoms with Crippen LogP contribution in [0.25, 0.3) is 0 Å². The standard InChI is InChI=1S/C4H3F3/c5-2-1-4(7)3-6/h1-3H. The smallest absolute Gasteiger partial charge is 0.153 e. The number of hydrogen-bond acceptors (Lipinski definition) is 0. The highest BCUT2D eigenvalue weighted by Gasteiger charge is 1.80. The summed E-state index contributed by atoms with van der Waals surface area (Å²) < 4.78 is 32.9. The minimum atomic E-state index is -1.22. The van der Waals surface area contributed by atoms with E-state index in [0.29, 0.717) is 6.08 Å². The third kappa shape index (κ3) is 3.09. The van der Waals surface area contributed by atoms with E-state index in [0.717, 1.165) is 0 Å². The van der Waals surface area contributed by atoms with Gasteiger partial charge >= 0.3 is 0 Å². The fourth-order valence-corrected chi connectivity index (χ4v) is 0.0965. The summed E-state index contributed by atoms with van der Waals surface area (Å²) >= 11 is 0. The second-order valence-corrected chi connectivity index (χ2v) is 0.787. The van der Waals surface area contributed by atoms with Crippen LogP contribution in [0, 0.1) is 0 Å². The predicted molar refractivity (Wildman–Crippen MR) is 20.5 cm³/mol. The quantitative estimate of drug-likeness (QED) is 0.452. The lowest BCUT2D eigenvalue weighted by Crippen LogP contribution is -1.55. The normalized spacial score (nSPS) is 13.3. The average molecular weight is 108 g/mol. The third-order valence-electron chi connectivity index (χ3n) is 0.326. The maximum Gasteiger partial charge on any atom is 0.153 e. The van der Waals surface area contributed by atoms with Gasteiger partial charge in [0.05, 0.1) is 6.33 Å². The van der Waals surface area contributed by atoms with Gasteiger partial charge in [0.1, 0.15) is 6.33 Å². The van der Waals surface area contributed by atoms with Gasteiger partial charge in [-0.15, -0.1) is 0 Å². The molecule has 0 rings (SSSR count). The van der Waals surface area contributed by atoms with Crippen molar-refractivity contribution in [3.8, 4) is 0 Å². The topological polar surface area (TPSA) is 0 Å². The first-order chi connectivity index (χ1) is 3.31. The minimum absolute atomic E-state index is 0.0780. The van der Waals surface area contributed by atoms with E-state index in [9.17, 15) is 13.2 Å². The highest BCUT2D eigenvalue weighted by atomic mass is 19.2. The molecule has 0 saturated carbocycles. The van der Waals surface area contributed by atoms with E-state index in [1.54, 1.807) is 0 Å². The fourth-order valence-electron chi connectivity index (χ4n) is 0.0965. The van der Waals surface area contributed by atoms with E-state index in [2.05, 4.69) is 0 Å². The Morgan fingerprint density at radius 1 is 1.29 bits per heavy atom. The van der Waals surface area contributed by atoms with Gasteiger partial charge in [0, 0.05) is 6.08 Å². The zero-order chi connectivity index (χ0) is 5.70. The molecule has 0 heterocycles. The lowest BCUT2D eigenvalue weighted by molar-refractivity contribution is 0.600. The van der Waals surface area contributed by atoms with E-state index < -0.39 is 5.83 Å². The van der Waals surface area contributed by atoms with Crippen molar-refractivity contribution < 1.29 is 13.2 Å². The Morgan fingerprint density at radius 3 is 2.00 bits per heavy atom. The van der Waals surface area contributed by atoms with E-state index >= 15 is 0 Å². The molecule has 0 bridgehead atoms. The van der Waals surface area contributed by atoms with Crippen LogP contribution in [0.4, 0.5) is 13.2 Å². The van der Waals surface area contributed by atoms with Crippen molar-refractivity contribution in [3.63, 3.8) is 0 Å². The maximum absolute atomic E-state index is 11.3. The van der Waals surface area contributed by atoms with Gasteiger partial charge in [-0.2, -0.15) is 0 Å². The Labute approximate surface area is 39.0 Å². The molecule has 0 aromatic carbocycles. The van der Waals surface area contributed by atoms with Crippen molar-refractivity contribution in [1.82, 2.24) is 0 Å². The molecule has 0 aliphatic heterocycles. The van der Waals surface area contributed by atoms with Crippen LogP contribution in [0.1, 0.15) is 0 Å². The summed E-state index contributed by atoms with van der Waals surface area (Å²) in [6.45, 7) is 0. The van der Waals surface area contributed by atoms with Crippen LogP contribution in [-0.4, -0.2) is 0 Å². The number of allylic oxidation sites excluding steroid dienone is 2. The lowest BCUT2D eigenvalue weighted by atomic mass is 10.6. The third-order valence-corrected chi connectivity index (χ3v) is 0.326. The molecule has 0 saturated heterocycles. The van der Waals surface area contributed by atoms with Crippen molar-refractivity contribution in [2.75, 3.05) is 0 Å². The SMILES string of the molecule is FC=CC(F)=CF. The van der Waals surface area contributed by atoms with Crippen LogP contribution in [-0.2, 0) is 0 Å². The molecule has 0 atom stereocenters. The van der Waals surface area contributed by atoms with Gasteiger partial charge in [0.25, 0.3) is 0 Å². The van der Waals surface area contributed by atoms with E-state index in [1.807, 2.05) is 0 Å². The highest BCUT2D eigenvalue weighted by molar-refractivity contribution is 5.04. The molecule has 7 heavy (non-hydrogen) atoms. The van der Waals surface area contributed by atoms with Crippen LogP contribution in [0.2, 0.25) is 0 Å². The van der Waals surface area contributed by atoms with Gasteiger partial charge in [0.15, 0.2) is 5.83 Å². The Morgan fingerprint density at radius 2 is 1.86 bits per heavy atom. The second-order valence-electron chi connectivity index (χ2n) is 0.787. The summed E-state index contributed by atoms with van der Waals surface area (Å²) in [7, 11) is 0. The summed E-state index contributed by atoms with van der Waals surface area (Å²) in [6.07, 6.45) is -0.0263. The fraction of sp³-hybridized carbons (Fsp3) is 0. The summed E-state index contributed by atoms with van der Waals surface area (Å²) in [5, 5.41) is 0. The van der Waals surface area contributed by atoms with Crippen molar-refractivity contribution in [2.24, 2.45) is 0 Å². The number of halogens is 3. The number of rotatable bonds is 1. The van der Waals surface area contributed by atoms with Crippen LogP contribution in [0.5, 0.6) is 0 Å². The zero-order valence-electron chi connectivity index (χ0n) is 3.37. The molecule has 3 heteroatoms. The Hall–Kier alpha value is -0.730. The van der Waals surface area contributed by atoms with Crippen molar-refractivity contribution in [1.29, 1.82) is 0 Å². The van der Waals surface area contributed by atoms with Gasteiger partial charge in [-0.25, -0.2) is 13.2 Å². The zero-order valence-corrected chi connectivity index (χ0v) is 3.37. The Balaban J connectivity index is 3.58. The summed E-state index contributed by atoms with van der Waals surface area (Å²) in [4.78, 5) is 0. The monoisotopic (exact) mass is 108 g/mol. The first-order valence-electron chi connectivity index (χ1n) is 1.54. The highest BCUT2D eigenvalue weighted by Crippen LogP contribution is 1.97. The van der Waals surface area contributed by atoms with Gasteiger partial charge < -0.3 is 0 Å². The molecule has 0 unspecified atom stereocenters. The van der Waals surface area contributed by atoms with Crippen LogP contribution in [0.3, 0.4) is 0 Å². The van der Waals surface area contributed by atoms with Crippen LogP contribution in [0.15, 0.2) is 24.6 Å². The molecule has 0 fully saturated rings. The molecule has 0 radical (unpaired) electrons. The van der Waals surface area contributed by atoms with Gasteiger partial charge in [-0.3, -0.25) is 0 Å². The molecule has 0 nitrogen and oxygen atoms in total. The summed E-state index contributed by atoms with van der Waals surface area (Å²) in [5.74, 6) is -1.22. The first-order valence-corrected chi connectivity index (χ1v) is 1.54. The lowest BCUT2D eigenvalue weighted by Gasteiger charge is -1.71. The van der Waals surface area contributed by atoms with E-state index in [4.69, 9.17) is 0 Å². The first kappa shape index (κ1) is 6.27. The van der Waals surface area contributed by atoms with E-state index in [-0.39, 0.29) is 12.7 Å². The molecular formula is C4H3F3. The molecule has 0 amide bonds. The molecular weight excluding hydrogens is 105 g/mol. The Bertz CT molecular complexity index is 93.1. The van der Waals surface area contributed by atoms with Crippen LogP contribution < -0.4 is 0 Å². The van der Waals surface area contributed by atoms with Crippen molar-refractivity contribution in [3.05, 3.63) is 24.6 Å². The van der Waals surface area contributed by atoms with Gasteiger partial charge in [0.2, 0.25) is 0 Å². The molecule has 0 aromatic rings. The van der Waals surface area contributed by atoms with Gasteiger partial charge in [-0.1, -0.05) is 0 Å². The minimum Gasteiger partial charge on any atom is -0.215 e. The maximum atomic E-state index is 11.3. The van der Waals surface area contributed by atoms with Crippen molar-refractivity contribution in [2.45, 2.75) is 0 Å². The molecule has 0 aliphatic carbocycles. The second kappa shape index (κ2) is 3.46. The summed E-state index contributed by atoms with van der Waals surface area (Å²) in [5.41, 5.74) is 0. The number of hydrogen-bond donors (Lipinski definition) is 0. The Kier molecular flexibility index (Phi) is 3.10. The molecule has 0 spiro atoms. The van der Waals surface area contributed by atoms with E-state index in [1.165, 1.54) is 0 Å². The van der Waals surface area contributed by atoms with Crippen molar-refractivity contribution >= 4 is 0 Å². The van der Waals surface area contributed by atoms with Crippen LogP contribution >= 0.6 is 0 Å². The molecule has 40 valence electrons. The molecule has 0 N–H and O–H groups in total.